The van der Waals surface area contributed by atoms with E-state index < -0.39 is 9.84 Å². The lowest BCUT2D eigenvalue weighted by Crippen LogP contribution is -2.48. The van der Waals surface area contributed by atoms with Crippen molar-refractivity contribution in [3.8, 4) is 0 Å². The molecule has 2 heterocycles. The normalized spacial score (nSPS) is 33.9. The minimum absolute atomic E-state index is 0.0174. The molecule has 5 nitrogen and oxygen atoms in total. The van der Waals surface area contributed by atoms with Gasteiger partial charge in [-0.3, -0.25) is 4.79 Å². The first kappa shape index (κ1) is 11.9. The molecule has 0 spiro atoms. The van der Waals surface area contributed by atoms with Crippen molar-refractivity contribution >= 4 is 15.7 Å². The highest BCUT2D eigenvalue weighted by molar-refractivity contribution is 7.91. The third kappa shape index (κ3) is 2.55. The maximum atomic E-state index is 12.0. The van der Waals surface area contributed by atoms with Gasteiger partial charge in [-0.05, 0) is 19.3 Å². The van der Waals surface area contributed by atoms with Crippen molar-refractivity contribution in [2.45, 2.75) is 25.3 Å². The van der Waals surface area contributed by atoms with Gasteiger partial charge in [-0.25, -0.2) is 8.42 Å². The Kier molecular flexibility index (Phi) is 3.21. The molecule has 2 fully saturated rings. The van der Waals surface area contributed by atoms with Crippen LogP contribution >= 0.6 is 0 Å². The van der Waals surface area contributed by atoms with Crippen LogP contribution in [0, 0.1) is 5.92 Å². The largest absolute Gasteiger partial charge is 0.341 e. The molecule has 2 aliphatic heterocycles. The van der Waals surface area contributed by atoms with Crippen molar-refractivity contribution in [3.05, 3.63) is 0 Å². The summed E-state index contributed by atoms with van der Waals surface area (Å²) in [6, 6.07) is 0.0516. The van der Waals surface area contributed by atoms with Crippen LogP contribution < -0.4 is 5.73 Å². The number of amides is 1. The lowest BCUT2D eigenvalue weighted by atomic mass is 10.0. The number of piperidine rings is 1. The maximum absolute atomic E-state index is 12.0. The summed E-state index contributed by atoms with van der Waals surface area (Å²) in [5.41, 5.74) is 5.80. The molecule has 2 aliphatic rings. The second-order valence-electron chi connectivity index (χ2n) is 4.79. The Bertz CT molecular complexity index is 380. The quantitative estimate of drug-likeness (QED) is 0.668. The minimum atomic E-state index is -2.97. The second kappa shape index (κ2) is 4.33. The first-order chi connectivity index (χ1) is 7.48. The first-order valence-electron chi connectivity index (χ1n) is 5.73. The predicted molar refractivity (Wildman–Crippen MR) is 60.6 cm³/mol. The number of sulfone groups is 1. The Hall–Kier alpha value is -0.620. The van der Waals surface area contributed by atoms with E-state index >= 15 is 0 Å². The van der Waals surface area contributed by atoms with E-state index in [0.29, 0.717) is 13.0 Å². The second-order valence-corrected chi connectivity index (χ2v) is 7.02. The highest BCUT2D eigenvalue weighted by atomic mass is 32.2. The molecule has 6 heteroatoms. The van der Waals surface area contributed by atoms with Gasteiger partial charge >= 0.3 is 0 Å². The third-order valence-electron chi connectivity index (χ3n) is 3.35. The summed E-state index contributed by atoms with van der Waals surface area (Å²) in [6.07, 6.45) is 2.35. The van der Waals surface area contributed by atoms with Crippen LogP contribution in [0.15, 0.2) is 0 Å². The summed E-state index contributed by atoms with van der Waals surface area (Å²) in [6.45, 7) is 1.30. The molecule has 2 saturated heterocycles. The van der Waals surface area contributed by atoms with Gasteiger partial charge in [0.2, 0.25) is 5.91 Å². The molecule has 0 saturated carbocycles. The zero-order chi connectivity index (χ0) is 11.8. The summed E-state index contributed by atoms with van der Waals surface area (Å²) in [5, 5.41) is 0. The van der Waals surface area contributed by atoms with Crippen LogP contribution in [0.3, 0.4) is 0 Å². The van der Waals surface area contributed by atoms with E-state index in [2.05, 4.69) is 0 Å². The fourth-order valence-corrected chi connectivity index (χ4v) is 4.19. The Balaban J connectivity index is 1.97. The van der Waals surface area contributed by atoms with Gasteiger partial charge in [0.05, 0.1) is 17.4 Å². The average Bonchev–Trinajstić information content (AvgIpc) is 2.58. The van der Waals surface area contributed by atoms with Gasteiger partial charge in [-0.1, -0.05) is 0 Å². The molecule has 0 aromatic rings. The highest BCUT2D eigenvalue weighted by Gasteiger charge is 2.36. The minimum Gasteiger partial charge on any atom is -0.341 e. The van der Waals surface area contributed by atoms with Gasteiger partial charge in [0, 0.05) is 19.1 Å². The summed E-state index contributed by atoms with van der Waals surface area (Å²) in [4.78, 5) is 13.8. The molecule has 2 unspecified atom stereocenters. The molecule has 1 amide bonds. The number of hydrogen-bond acceptors (Lipinski definition) is 4. The molecule has 0 aromatic carbocycles. The average molecular weight is 246 g/mol. The number of likely N-dealkylation sites (tertiary alicyclic amines) is 1. The van der Waals surface area contributed by atoms with E-state index in [-0.39, 0.29) is 29.4 Å². The van der Waals surface area contributed by atoms with E-state index in [1.54, 1.807) is 4.90 Å². The van der Waals surface area contributed by atoms with Gasteiger partial charge in [-0.15, -0.1) is 0 Å². The summed E-state index contributed by atoms with van der Waals surface area (Å²) in [5.74, 6) is -0.160. The lowest BCUT2D eigenvalue weighted by molar-refractivity contribution is -0.135. The molecule has 2 atom stereocenters. The monoisotopic (exact) mass is 246 g/mol. The lowest BCUT2D eigenvalue weighted by Gasteiger charge is -2.32. The molecule has 16 heavy (non-hydrogen) atoms. The molecule has 92 valence electrons. The number of carbonyl (C=O) groups excluding carboxylic acids is 1. The van der Waals surface area contributed by atoms with E-state index in [9.17, 15) is 13.2 Å². The number of rotatable bonds is 1. The van der Waals surface area contributed by atoms with Crippen LogP contribution in [-0.2, 0) is 14.6 Å². The Morgan fingerprint density at radius 2 is 2.06 bits per heavy atom. The molecule has 0 aliphatic carbocycles. The van der Waals surface area contributed by atoms with Gasteiger partial charge in [0.25, 0.3) is 0 Å². The van der Waals surface area contributed by atoms with Crippen molar-refractivity contribution in [2.24, 2.45) is 11.7 Å². The van der Waals surface area contributed by atoms with E-state index in [1.165, 1.54) is 0 Å². The van der Waals surface area contributed by atoms with Gasteiger partial charge in [0.1, 0.15) is 0 Å². The van der Waals surface area contributed by atoms with Gasteiger partial charge in [-0.2, -0.15) is 0 Å². The van der Waals surface area contributed by atoms with Gasteiger partial charge < -0.3 is 10.6 Å². The molecule has 0 radical (unpaired) electrons. The molecule has 0 aromatic heterocycles. The molecule has 0 bridgehead atoms. The van der Waals surface area contributed by atoms with E-state index in [1.807, 2.05) is 0 Å². The molecular formula is C10H18N2O3S. The van der Waals surface area contributed by atoms with Crippen LogP contribution in [0.4, 0.5) is 0 Å². The smallest absolute Gasteiger partial charge is 0.226 e. The predicted octanol–water partition coefficient (Wildman–Crippen LogP) is -0.629. The van der Waals surface area contributed by atoms with Crippen molar-refractivity contribution in [2.75, 3.05) is 24.6 Å². The SMILES string of the molecule is NC1CCCN(C(=O)C2CCS(=O)(=O)C2)C1. The molecular weight excluding hydrogens is 228 g/mol. The summed E-state index contributed by atoms with van der Waals surface area (Å²) < 4.78 is 22.6. The van der Waals surface area contributed by atoms with Crippen LogP contribution in [0.2, 0.25) is 0 Å². The van der Waals surface area contributed by atoms with Crippen LogP contribution in [0.5, 0.6) is 0 Å². The van der Waals surface area contributed by atoms with Crippen molar-refractivity contribution in [3.63, 3.8) is 0 Å². The summed E-state index contributed by atoms with van der Waals surface area (Å²) in [7, 11) is -2.97. The molecule has 2 rings (SSSR count). The number of nitrogens with two attached hydrogens (primary N) is 1. The summed E-state index contributed by atoms with van der Waals surface area (Å²) >= 11 is 0. The van der Waals surface area contributed by atoms with Gasteiger partial charge in [0.15, 0.2) is 9.84 Å². The number of hydrogen-bond donors (Lipinski definition) is 1. The Morgan fingerprint density at radius 3 is 2.62 bits per heavy atom. The Labute approximate surface area is 95.9 Å². The zero-order valence-electron chi connectivity index (χ0n) is 9.26. The first-order valence-corrected chi connectivity index (χ1v) is 7.55. The van der Waals surface area contributed by atoms with Crippen molar-refractivity contribution in [1.29, 1.82) is 0 Å². The number of nitrogens with zero attached hydrogens (tertiary/aromatic N) is 1. The van der Waals surface area contributed by atoms with Crippen LogP contribution in [-0.4, -0.2) is 49.9 Å². The van der Waals surface area contributed by atoms with Crippen molar-refractivity contribution < 1.29 is 13.2 Å². The fourth-order valence-electron chi connectivity index (χ4n) is 2.46. The highest BCUT2D eigenvalue weighted by Crippen LogP contribution is 2.22. The standard InChI is InChI=1S/C10H18N2O3S/c11-9-2-1-4-12(6-9)10(13)8-3-5-16(14,15)7-8/h8-9H,1-7,11H2. The van der Waals surface area contributed by atoms with Crippen LogP contribution in [0.1, 0.15) is 19.3 Å². The van der Waals surface area contributed by atoms with E-state index in [4.69, 9.17) is 5.73 Å². The Morgan fingerprint density at radius 1 is 1.31 bits per heavy atom. The topological polar surface area (TPSA) is 80.5 Å². The van der Waals surface area contributed by atoms with E-state index in [0.717, 1.165) is 19.4 Å². The maximum Gasteiger partial charge on any atom is 0.226 e. The molecule has 2 N–H and O–H groups in total. The number of carbonyl (C=O) groups is 1. The zero-order valence-corrected chi connectivity index (χ0v) is 10.1. The third-order valence-corrected chi connectivity index (χ3v) is 5.12. The van der Waals surface area contributed by atoms with Crippen LogP contribution in [0.25, 0.3) is 0 Å². The fraction of sp³-hybridized carbons (Fsp3) is 0.900. The van der Waals surface area contributed by atoms with Crippen molar-refractivity contribution in [1.82, 2.24) is 4.90 Å².